The Morgan fingerprint density at radius 3 is 2.68 bits per heavy atom. The zero-order chi connectivity index (χ0) is 17.9. The maximum absolute atomic E-state index is 12.1. The standard InChI is InChI=1S/C14H16N4O5S.CH4/c1-7(2)3-4-10-11(13(20)21)16-14(24-10)17-12(19)9-5-8(6-15-9)18(22)23;/h5-7,15H,3-4H2,1-2H3,(H,20,21)(H,16,17,19);1H4. The molecule has 136 valence electrons. The largest absolute Gasteiger partial charge is 0.476 e. The fourth-order valence-corrected chi connectivity index (χ4v) is 2.91. The van der Waals surface area contributed by atoms with Crippen LogP contribution in [0.4, 0.5) is 10.8 Å². The summed E-state index contributed by atoms with van der Waals surface area (Å²) in [6.45, 7) is 4.06. The van der Waals surface area contributed by atoms with Gasteiger partial charge < -0.3 is 10.1 Å². The van der Waals surface area contributed by atoms with Gasteiger partial charge in [0.2, 0.25) is 0 Å². The van der Waals surface area contributed by atoms with Crippen LogP contribution in [0.1, 0.15) is 53.5 Å². The average Bonchev–Trinajstić information content (AvgIpc) is 3.11. The van der Waals surface area contributed by atoms with Gasteiger partial charge in [0.1, 0.15) is 5.69 Å². The number of thiazole rings is 1. The Bertz CT molecular complexity index is 781. The van der Waals surface area contributed by atoms with Gasteiger partial charge in [-0.25, -0.2) is 9.78 Å². The first kappa shape index (κ1) is 20.3. The zero-order valence-electron chi connectivity index (χ0n) is 13.0. The lowest BCUT2D eigenvalue weighted by molar-refractivity contribution is -0.384. The van der Waals surface area contributed by atoms with Gasteiger partial charge in [-0.2, -0.15) is 0 Å². The summed E-state index contributed by atoms with van der Waals surface area (Å²) in [5, 5.41) is 22.4. The van der Waals surface area contributed by atoms with Gasteiger partial charge in [-0.05, 0) is 18.8 Å². The second-order valence-electron chi connectivity index (χ2n) is 5.51. The molecular weight excluding hydrogens is 348 g/mol. The highest BCUT2D eigenvalue weighted by molar-refractivity contribution is 7.16. The predicted molar refractivity (Wildman–Crippen MR) is 94.4 cm³/mol. The molecule has 2 rings (SSSR count). The summed E-state index contributed by atoms with van der Waals surface area (Å²) in [5.74, 6) is -1.36. The van der Waals surface area contributed by atoms with E-state index < -0.39 is 16.8 Å². The number of hydrogen-bond acceptors (Lipinski definition) is 6. The van der Waals surface area contributed by atoms with Crippen molar-refractivity contribution in [1.82, 2.24) is 9.97 Å². The van der Waals surface area contributed by atoms with Crippen LogP contribution in [0.25, 0.3) is 0 Å². The van der Waals surface area contributed by atoms with Crippen molar-refractivity contribution in [3.05, 3.63) is 38.6 Å². The fourth-order valence-electron chi connectivity index (χ4n) is 1.95. The lowest BCUT2D eigenvalue weighted by atomic mass is 10.1. The Morgan fingerprint density at radius 2 is 2.16 bits per heavy atom. The number of aryl methyl sites for hydroxylation is 1. The second kappa shape index (κ2) is 8.38. The topological polar surface area (TPSA) is 138 Å². The van der Waals surface area contributed by atoms with Crippen LogP contribution in [-0.4, -0.2) is 31.9 Å². The molecule has 2 aromatic rings. The highest BCUT2D eigenvalue weighted by Gasteiger charge is 2.20. The maximum Gasteiger partial charge on any atom is 0.355 e. The number of nitrogens with one attached hydrogen (secondary N) is 2. The number of nitro groups is 1. The van der Waals surface area contributed by atoms with Crippen molar-refractivity contribution in [2.24, 2.45) is 5.92 Å². The van der Waals surface area contributed by atoms with Crippen LogP contribution in [0.5, 0.6) is 0 Å². The molecule has 0 bridgehead atoms. The van der Waals surface area contributed by atoms with Gasteiger partial charge in [0.15, 0.2) is 10.8 Å². The molecule has 0 aromatic carbocycles. The van der Waals surface area contributed by atoms with Gasteiger partial charge in [0, 0.05) is 10.9 Å². The molecule has 0 fully saturated rings. The van der Waals surface area contributed by atoms with Gasteiger partial charge in [0.25, 0.3) is 11.6 Å². The minimum atomic E-state index is -1.15. The predicted octanol–water partition coefficient (Wildman–Crippen LogP) is 3.55. The fraction of sp³-hybridized carbons (Fsp3) is 0.400. The van der Waals surface area contributed by atoms with E-state index in [-0.39, 0.29) is 29.6 Å². The summed E-state index contributed by atoms with van der Waals surface area (Å²) in [5.41, 5.74) is -0.311. The Kier molecular flexibility index (Phi) is 6.80. The number of aromatic amines is 1. The number of carbonyl (C=O) groups excluding carboxylic acids is 1. The SMILES string of the molecule is C.CC(C)CCc1sc(NC(=O)c2cc([N+](=O)[O-])c[nH]2)nc1C(=O)O. The Hall–Kier alpha value is -2.75. The molecule has 0 aliphatic rings. The first-order valence-corrected chi connectivity index (χ1v) is 7.96. The Balaban J connectivity index is 0.00000312. The monoisotopic (exact) mass is 368 g/mol. The molecule has 10 heteroatoms. The summed E-state index contributed by atoms with van der Waals surface area (Å²) in [6, 6.07) is 1.10. The lowest BCUT2D eigenvalue weighted by Crippen LogP contribution is -2.12. The van der Waals surface area contributed by atoms with Crippen LogP contribution >= 0.6 is 11.3 Å². The molecule has 0 spiro atoms. The van der Waals surface area contributed by atoms with E-state index in [0.717, 1.165) is 30.0 Å². The maximum atomic E-state index is 12.1. The van der Waals surface area contributed by atoms with Crippen LogP contribution in [-0.2, 0) is 6.42 Å². The molecule has 25 heavy (non-hydrogen) atoms. The molecule has 0 saturated carbocycles. The third kappa shape index (κ3) is 5.11. The van der Waals surface area contributed by atoms with Gasteiger partial charge in [-0.15, -0.1) is 11.3 Å². The third-order valence-electron chi connectivity index (χ3n) is 3.19. The van der Waals surface area contributed by atoms with Crippen molar-refractivity contribution >= 4 is 34.0 Å². The number of nitrogens with zero attached hydrogens (tertiary/aromatic N) is 2. The highest BCUT2D eigenvalue weighted by atomic mass is 32.1. The molecule has 2 heterocycles. The first-order chi connectivity index (χ1) is 11.3. The van der Waals surface area contributed by atoms with E-state index in [2.05, 4.69) is 15.3 Å². The minimum absolute atomic E-state index is 0. The summed E-state index contributed by atoms with van der Waals surface area (Å²) < 4.78 is 0. The molecule has 0 saturated heterocycles. The van der Waals surface area contributed by atoms with Gasteiger partial charge in [-0.3, -0.25) is 20.2 Å². The van der Waals surface area contributed by atoms with Gasteiger partial charge >= 0.3 is 5.97 Å². The molecule has 3 N–H and O–H groups in total. The number of hydrogen-bond donors (Lipinski definition) is 3. The summed E-state index contributed by atoms with van der Waals surface area (Å²) in [7, 11) is 0. The van der Waals surface area contributed by atoms with Crippen molar-refractivity contribution in [3.63, 3.8) is 0 Å². The highest BCUT2D eigenvalue weighted by Crippen LogP contribution is 2.26. The summed E-state index contributed by atoms with van der Waals surface area (Å²) in [4.78, 5) is 40.3. The van der Waals surface area contributed by atoms with E-state index >= 15 is 0 Å². The van der Waals surface area contributed by atoms with Crippen molar-refractivity contribution in [3.8, 4) is 0 Å². The number of amides is 1. The number of carbonyl (C=O) groups is 2. The van der Waals surface area contributed by atoms with Crippen LogP contribution in [0, 0.1) is 16.0 Å². The molecular formula is C15H20N4O5S. The van der Waals surface area contributed by atoms with Crippen LogP contribution in [0.15, 0.2) is 12.3 Å². The summed E-state index contributed by atoms with van der Waals surface area (Å²) >= 11 is 1.09. The molecule has 2 aromatic heterocycles. The number of aromatic nitrogens is 2. The molecule has 1 amide bonds. The van der Waals surface area contributed by atoms with Crippen molar-refractivity contribution in [1.29, 1.82) is 0 Å². The Morgan fingerprint density at radius 1 is 1.48 bits per heavy atom. The summed E-state index contributed by atoms with van der Waals surface area (Å²) in [6.07, 6.45) is 2.47. The molecule has 0 atom stereocenters. The molecule has 0 aliphatic carbocycles. The van der Waals surface area contributed by atoms with E-state index in [1.165, 1.54) is 0 Å². The van der Waals surface area contributed by atoms with Crippen LogP contribution in [0.3, 0.4) is 0 Å². The quantitative estimate of drug-likeness (QED) is 0.504. The van der Waals surface area contributed by atoms with Crippen molar-refractivity contribution in [2.75, 3.05) is 5.32 Å². The Labute approximate surface area is 148 Å². The van der Waals surface area contributed by atoms with E-state index in [9.17, 15) is 24.8 Å². The molecule has 0 radical (unpaired) electrons. The number of carboxylic acids is 1. The first-order valence-electron chi connectivity index (χ1n) is 7.15. The smallest absolute Gasteiger partial charge is 0.355 e. The van der Waals surface area contributed by atoms with Crippen molar-refractivity contribution in [2.45, 2.75) is 34.1 Å². The molecule has 0 aliphatic heterocycles. The number of aromatic carboxylic acids is 1. The molecule has 0 unspecified atom stereocenters. The number of anilines is 1. The van der Waals surface area contributed by atoms with E-state index in [1.807, 2.05) is 13.8 Å². The number of rotatable bonds is 7. The van der Waals surface area contributed by atoms with Crippen LogP contribution in [0.2, 0.25) is 0 Å². The average molecular weight is 368 g/mol. The van der Waals surface area contributed by atoms with Crippen LogP contribution < -0.4 is 5.32 Å². The minimum Gasteiger partial charge on any atom is -0.476 e. The van der Waals surface area contributed by atoms with E-state index in [1.54, 1.807) is 0 Å². The normalized spacial score (nSPS) is 10.4. The lowest BCUT2D eigenvalue weighted by Gasteiger charge is -2.02. The third-order valence-corrected chi connectivity index (χ3v) is 4.22. The van der Waals surface area contributed by atoms with Gasteiger partial charge in [0.05, 0.1) is 11.1 Å². The van der Waals surface area contributed by atoms with E-state index in [4.69, 9.17) is 0 Å². The molecule has 9 nitrogen and oxygen atoms in total. The number of carboxylic acid groups (broad SMARTS) is 1. The van der Waals surface area contributed by atoms with Gasteiger partial charge in [-0.1, -0.05) is 21.3 Å². The van der Waals surface area contributed by atoms with Crippen molar-refractivity contribution < 1.29 is 19.6 Å². The number of H-pyrrole nitrogens is 1. The zero-order valence-corrected chi connectivity index (χ0v) is 13.8. The second-order valence-corrected chi connectivity index (χ2v) is 6.59. The van der Waals surface area contributed by atoms with E-state index in [0.29, 0.717) is 17.2 Å².